The number of nitrogens with one attached hydrogen (secondary N) is 4. The van der Waals surface area contributed by atoms with Crippen LogP contribution in [0.25, 0.3) is 0 Å². The molecule has 0 aliphatic carbocycles. The number of anilines is 1. The summed E-state index contributed by atoms with van der Waals surface area (Å²) in [6, 6.07) is 13.0. The van der Waals surface area contributed by atoms with Crippen LogP contribution < -0.4 is 21.3 Å². The molecule has 0 saturated heterocycles. The molecule has 0 fully saturated rings. The Morgan fingerprint density at radius 3 is 2.06 bits per heavy atom. The highest BCUT2D eigenvalue weighted by Gasteiger charge is 2.22. The molecule has 2 aromatic carbocycles. The Hall–Kier alpha value is -4.81. The Morgan fingerprint density at radius 2 is 1.44 bits per heavy atom. The average Bonchev–Trinajstić information content (AvgIpc) is 2.85. The van der Waals surface area contributed by atoms with E-state index in [4.69, 9.17) is 5.11 Å². The van der Waals surface area contributed by atoms with Crippen LogP contribution in [0.1, 0.15) is 18.4 Å². The second-order valence-electron chi connectivity index (χ2n) is 7.55. The molecule has 0 spiro atoms. The first-order chi connectivity index (χ1) is 17.1. The van der Waals surface area contributed by atoms with Crippen LogP contribution in [0.5, 0.6) is 0 Å². The fourth-order valence-electron chi connectivity index (χ4n) is 2.93. The van der Waals surface area contributed by atoms with Crippen molar-refractivity contribution in [1.82, 2.24) is 16.0 Å². The predicted molar refractivity (Wildman–Crippen MR) is 127 cm³/mol. The Balaban J connectivity index is 1.93. The SMILES string of the molecule is O=C(O)CCC(=O)NCC(=O)NCC(=O)N[C@H](Cc1ccccc1)C(=O)Nc1ccc([N+](=O)[O-])cc1. The number of non-ortho nitro benzene ring substituents is 1. The van der Waals surface area contributed by atoms with E-state index in [9.17, 15) is 34.1 Å². The molecule has 0 heterocycles. The third-order valence-corrected chi connectivity index (χ3v) is 4.74. The number of nitro benzene ring substituents is 1. The molecule has 2 aromatic rings. The van der Waals surface area contributed by atoms with Crippen molar-refractivity contribution < 1.29 is 34.0 Å². The van der Waals surface area contributed by atoms with E-state index in [1.165, 1.54) is 24.3 Å². The highest BCUT2D eigenvalue weighted by atomic mass is 16.6. The Bertz CT molecular complexity index is 1110. The number of benzene rings is 2. The second kappa shape index (κ2) is 13.8. The van der Waals surface area contributed by atoms with Crippen LogP contribution in [0, 0.1) is 10.1 Å². The number of hydrogen-bond acceptors (Lipinski definition) is 7. The fraction of sp³-hybridized carbons (Fsp3) is 0.261. The lowest BCUT2D eigenvalue weighted by Crippen LogP contribution is -2.49. The molecule has 13 heteroatoms. The minimum absolute atomic E-state index is 0.138. The minimum atomic E-state index is -1.14. The summed E-state index contributed by atoms with van der Waals surface area (Å²) in [5.74, 6) is -3.68. The van der Waals surface area contributed by atoms with Crippen molar-refractivity contribution in [2.75, 3.05) is 18.4 Å². The molecule has 36 heavy (non-hydrogen) atoms. The van der Waals surface area contributed by atoms with Gasteiger partial charge in [0.25, 0.3) is 5.69 Å². The first-order valence-electron chi connectivity index (χ1n) is 10.8. The molecular formula is C23H25N5O8. The van der Waals surface area contributed by atoms with Crippen LogP contribution in [0.2, 0.25) is 0 Å². The number of aliphatic carboxylic acids is 1. The molecule has 1 atom stereocenters. The van der Waals surface area contributed by atoms with Crippen LogP contribution >= 0.6 is 0 Å². The lowest BCUT2D eigenvalue weighted by molar-refractivity contribution is -0.384. The van der Waals surface area contributed by atoms with Crippen molar-refractivity contribution in [3.63, 3.8) is 0 Å². The molecule has 0 radical (unpaired) electrons. The Morgan fingerprint density at radius 1 is 0.833 bits per heavy atom. The first-order valence-corrected chi connectivity index (χ1v) is 10.8. The third-order valence-electron chi connectivity index (χ3n) is 4.74. The van der Waals surface area contributed by atoms with E-state index in [1.54, 1.807) is 30.3 Å². The van der Waals surface area contributed by atoms with Crippen molar-refractivity contribution in [2.45, 2.75) is 25.3 Å². The summed E-state index contributed by atoms with van der Waals surface area (Å²) in [7, 11) is 0. The van der Waals surface area contributed by atoms with Gasteiger partial charge in [-0.1, -0.05) is 30.3 Å². The van der Waals surface area contributed by atoms with Gasteiger partial charge in [0.1, 0.15) is 6.04 Å². The van der Waals surface area contributed by atoms with E-state index >= 15 is 0 Å². The van der Waals surface area contributed by atoms with Crippen LogP contribution in [-0.4, -0.2) is 58.8 Å². The summed E-state index contributed by atoms with van der Waals surface area (Å²) >= 11 is 0. The number of hydrogen-bond donors (Lipinski definition) is 5. The minimum Gasteiger partial charge on any atom is -0.481 e. The maximum atomic E-state index is 12.9. The molecule has 0 saturated carbocycles. The lowest BCUT2D eigenvalue weighted by Gasteiger charge is -2.19. The van der Waals surface area contributed by atoms with E-state index in [1.807, 2.05) is 0 Å². The first kappa shape index (κ1) is 27.4. The molecule has 4 amide bonds. The van der Waals surface area contributed by atoms with Gasteiger partial charge in [-0.2, -0.15) is 0 Å². The summed E-state index contributed by atoms with van der Waals surface area (Å²) in [4.78, 5) is 69.3. The highest BCUT2D eigenvalue weighted by Crippen LogP contribution is 2.16. The summed E-state index contributed by atoms with van der Waals surface area (Å²) in [5.41, 5.74) is 0.913. The van der Waals surface area contributed by atoms with Gasteiger partial charge >= 0.3 is 5.97 Å². The molecule has 0 unspecified atom stereocenters. The van der Waals surface area contributed by atoms with Crippen LogP contribution in [-0.2, 0) is 30.4 Å². The maximum Gasteiger partial charge on any atom is 0.303 e. The molecule has 0 bridgehead atoms. The standard InChI is InChI=1S/C23H25N5O8/c29-19(10-11-22(32)33)24-13-20(30)25-14-21(31)27-18(12-15-4-2-1-3-5-15)23(34)26-16-6-8-17(9-7-16)28(35)36/h1-9,18H,10-14H2,(H,24,29)(H,25,30)(H,26,34)(H,27,31)(H,32,33)/t18-/m1/s1. The van der Waals surface area contributed by atoms with Crippen LogP contribution in [0.3, 0.4) is 0 Å². The van der Waals surface area contributed by atoms with Crippen LogP contribution in [0.15, 0.2) is 54.6 Å². The topological polar surface area (TPSA) is 197 Å². The van der Waals surface area contributed by atoms with Gasteiger partial charge < -0.3 is 26.4 Å². The number of amides is 4. The Labute approximate surface area is 205 Å². The number of nitrogens with zero attached hydrogens (tertiary/aromatic N) is 1. The number of nitro groups is 1. The van der Waals surface area contributed by atoms with Gasteiger partial charge in [-0.25, -0.2) is 0 Å². The van der Waals surface area contributed by atoms with E-state index in [0.717, 1.165) is 5.56 Å². The smallest absolute Gasteiger partial charge is 0.303 e. The number of carboxylic acid groups (broad SMARTS) is 1. The number of carbonyl (C=O) groups is 5. The average molecular weight is 499 g/mol. The third kappa shape index (κ3) is 9.99. The zero-order valence-corrected chi connectivity index (χ0v) is 19.1. The van der Waals surface area contributed by atoms with Gasteiger partial charge in [-0.05, 0) is 17.7 Å². The van der Waals surface area contributed by atoms with Gasteiger partial charge in [0.05, 0.1) is 24.4 Å². The van der Waals surface area contributed by atoms with Gasteiger partial charge in [-0.3, -0.25) is 34.1 Å². The maximum absolute atomic E-state index is 12.9. The van der Waals surface area contributed by atoms with E-state index in [0.29, 0.717) is 5.69 Å². The zero-order valence-electron chi connectivity index (χ0n) is 19.1. The molecule has 190 valence electrons. The van der Waals surface area contributed by atoms with E-state index in [2.05, 4.69) is 21.3 Å². The molecular weight excluding hydrogens is 474 g/mol. The molecule has 0 aromatic heterocycles. The quantitative estimate of drug-likeness (QED) is 0.192. The number of rotatable bonds is 13. The van der Waals surface area contributed by atoms with Crippen molar-refractivity contribution in [3.8, 4) is 0 Å². The van der Waals surface area contributed by atoms with Crippen molar-refractivity contribution in [1.29, 1.82) is 0 Å². The summed E-state index contributed by atoms with van der Waals surface area (Å²) in [6.07, 6.45) is -0.520. The zero-order chi connectivity index (χ0) is 26.5. The Kier molecular flexibility index (Phi) is 10.5. The normalized spacial score (nSPS) is 11.0. The highest BCUT2D eigenvalue weighted by molar-refractivity contribution is 5.98. The van der Waals surface area contributed by atoms with Gasteiger partial charge in [-0.15, -0.1) is 0 Å². The molecule has 5 N–H and O–H groups in total. The van der Waals surface area contributed by atoms with Crippen LogP contribution in [0.4, 0.5) is 11.4 Å². The lowest BCUT2D eigenvalue weighted by atomic mass is 10.0. The fourth-order valence-corrected chi connectivity index (χ4v) is 2.93. The van der Waals surface area contributed by atoms with Crippen molar-refractivity contribution in [3.05, 3.63) is 70.3 Å². The van der Waals surface area contributed by atoms with Gasteiger partial charge in [0, 0.05) is 30.7 Å². The van der Waals surface area contributed by atoms with Gasteiger partial charge in [0.2, 0.25) is 23.6 Å². The summed E-state index contributed by atoms with van der Waals surface area (Å²) in [6.45, 7) is -0.917. The molecule has 0 aliphatic heterocycles. The number of carboxylic acids is 1. The summed E-state index contributed by atoms with van der Waals surface area (Å²) < 4.78 is 0. The predicted octanol–water partition coefficient (Wildman–Crippen LogP) is 0.358. The molecule has 2 rings (SSSR count). The summed E-state index contributed by atoms with van der Waals surface area (Å²) in [5, 5.41) is 29.0. The number of carbonyl (C=O) groups excluding carboxylic acids is 4. The monoisotopic (exact) mass is 499 g/mol. The largest absolute Gasteiger partial charge is 0.481 e. The molecule has 0 aliphatic rings. The second-order valence-corrected chi connectivity index (χ2v) is 7.55. The van der Waals surface area contributed by atoms with Crippen molar-refractivity contribution >= 4 is 41.0 Å². The van der Waals surface area contributed by atoms with Gasteiger partial charge in [0.15, 0.2) is 0 Å². The van der Waals surface area contributed by atoms with E-state index in [-0.39, 0.29) is 24.9 Å². The van der Waals surface area contributed by atoms with E-state index < -0.39 is 53.7 Å². The van der Waals surface area contributed by atoms with Crippen molar-refractivity contribution in [2.24, 2.45) is 0 Å². The molecule has 13 nitrogen and oxygen atoms in total.